The van der Waals surface area contributed by atoms with Gasteiger partial charge in [0.1, 0.15) is 6.04 Å². The van der Waals surface area contributed by atoms with Crippen molar-refractivity contribution in [2.45, 2.75) is 64.1 Å². The number of carbonyl (C=O) groups excluding carboxylic acids is 1. The molecule has 1 saturated carbocycles. The van der Waals surface area contributed by atoms with Crippen molar-refractivity contribution < 1.29 is 19.9 Å². The van der Waals surface area contributed by atoms with E-state index in [1.54, 1.807) is 5.48 Å². The smallest absolute Gasteiger partial charge is 0.320 e. The zero-order valence-electron chi connectivity index (χ0n) is 21.2. The van der Waals surface area contributed by atoms with Gasteiger partial charge in [-0.1, -0.05) is 43.5 Å². The van der Waals surface area contributed by atoms with Gasteiger partial charge in [0.15, 0.2) is 0 Å². The van der Waals surface area contributed by atoms with Crippen LogP contribution in [0.1, 0.15) is 66.4 Å². The lowest BCUT2D eigenvalue weighted by molar-refractivity contribution is -0.141. The number of carboxylic acid groups (broad SMARTS) is 1. The number of aromatic nitrogens is 2. The first-order valence-electron chi connectivity index (χ1n) is 13.3. The van der Waals surface area contributed by atoms with Gasteiger partial charge in [0.05, 0.1) is 5.56 Å². The minimum Gasteiger partial charge on any atom is -0.480 e. The lowest BCUT2D eigenvalue weighted by atomic mass is 9.84. The van der Waals surface area contributed by atoms with Crippen LogP contribution in [0.2, 0.25) is 0 Å². The van der Waals surface area contributed by atoms with Crippen molar-refractivity contribution in [2.75, 3.05) is 24.5 Å². The van der Waals surface area contributed by atoms with E-state index in [1.165, 1.54) is 24.4 Å². The predicted molar refractivity (Wildman–Crippen MR) is 139 cm³/mol. The number of nitrogens with one attached hydrogen (secondary N) is 3. The summed E-state index contributed by atoms with van der Waals surface area (Å²) in [5.74, 6) is 0.0470. The van der Waals surface area contributed by atoms with Crippen molar-refractivity contribution in [3.63, 3.8) is 0 Å². The van der Waals surface area contributed by atoms with Crippen LogP contribution in [0.15, 0.2) is 36.7 Å². The Hall–Kier alpha value is -3.08. The molecule has 2 fully saturated rings. The molecule has 37 heavy (non-hydrogen) atoms. The normalized spacial score (nSPS) is 17.9. The number of hydroxylamine groups is 1. The molecule has 0 bridgehead atoms. The molecule has 4 rings (SSSR count). The van der Waals surface area contributed by atoms with E-state index >= 15 is 0 Å². The predicted octanol–water partition coefficient (Wildman–Crippen LogP) is 2.72. The number of rotatable bonds is 11. The molecule has 2 heterocycles. The molecule has 10 heteroatoms. The molecule has 1 aliphatic carbocycles. The molecule has 200 valence electrons. The van der Waals surface area contributed by atoms with Gasteiger partial charge in [0, 0.05) is 38.6 Å². The van der Waals surface area contributed by atoms with Crippen LogP contribution in [-0.4, -0.2) is 57.8 Å². The SMILES string of the molecule is O=C(NO)c1cnc(N2CCC(CNCc3ccc(CNC(C(=O)O)C4CCCCC4)cc3)CC2)nc1. The maximum absolute atomic E-state index is 11.8. The fourth-order valence-electron chi connectivity index (χ4n) is 5.35. The van der Waals surface area contributed by atoms with Gasteiger partial charge in [0.25, 0.3) is 5.91 Å². The molecular formula is C27H38N6O4. The molecule has 1 aromatic heterocycles. The van der Waals surface area contributed by atoms with Crippen LogP contribution < -0.4 is 21.0 Å². The number of carboxylic acids is 1. The summed E-state index contributed by atoms with van der Waals surface area (Å²) in [6, 6.07) is 7.92. The first kappa shape index (κ1) is 27.0. The first-order chi connectivity index (χ1) is 18.0. The van der Waals surface area contributed by atoms with Crippen LogP contribution in [-0.2, 0) is 17.9 Å². The Morgan fingerprint density at radius 2 is 1.57 bits per heavy atom. The van der Waals surface area contributed by atoms with Gasteiger partial charge >= 0.3 is 5.97 Å². The second-order valence-corrected chi connectivity index (χ2v) is 10.2. The average Bonchev–Trinajstić information content (AvgIpc) is 2.94. The second-order valence-electron chi connectivity index (χ2n) is 10.2. The number of benzene rings is 1. The third-order valence-electron chi connectivity index (χ3n) is 7.60. The van der Waals surface area contributed by atoms with Crippen LogP contribution in [0.4, 0.5) is 5.95 Å². The van der Waals surface area contributed by atoms with E-state index in [0.29, 0.717) is 18.4 Å². The molecule has 2 aliphatic rings. The number of amides is 1. The molecule has 1 unspecified atom stereocenters. The van der Waals surface area contributed by atoms with Crippen molar-refractivity contribution in [2.24, 2.45) is 11.8 Å². The highest BCUT2D eigenvalue weighted by Gasteiger charge is 2.28. The van der Waals surface area contributed by atoms with Crippen molar-refractivity contribution in [3.8, 4) is 0 Å². The summed E-state index contributed by atoms with van der Waals surface area (Å²) >= 11 is 0. The molecule has 1 aromatic carbocycles. The first-order valence-corrected chi connectivity index (χ1v) is 13.3. The zero-order valence-corrected chi connectivity index (χ0v) is 21.2. The van der Waals surface area contributed by atoms with E-state index in [4.69, 9.17) is 5.21 Å². The summed E-state index contributed by atoms with van der Waals surface area (Å²) < 4.78 is 0. The Labute approximate surface area is 217 Å². The molecule has 0 radical (unpaired) electrons. The van der Waals surface area contributed by atoms with Crippen molar-refractivity contribution in [1.82, 2.24) is 26.1 Å². The summed E-state index contributed by atoms with van der Waals surface area (Å²) in [5, 5.41) is 25.2. The van der Waals surface area contributed by atoms with Crippen LogP contribution in [0.5, 0.6) is 0 Å². The number of nitrogens with zero attached hydrogens (tertiary/aromatic N) is 3. The van der Waals surface area contributed by atoms with Gasteiger partial charge in [-0.15, -0.1) is 0 Å². The molecular weight excluding hydrogens is 472 g/mol. The van der Waals surface area contributed by atoms with E-state index in [2.05, 4.69) is 49.8 Å². The van der Waals surface area contributed by atoms with E-state index in [9.17, 15) is 14.7 Å². The number of aliphatic carboxylic acids is 1. The van der Waals surface area contributed by atoms with Crippen LogP contribution in [0, 0.1) is 11.8 Å². The minimum atomic E-state index is -0.740. The third kappa shape index (κ3) is 7.70. The van der Waals surface area contributed by atoms with Crippen molar-refractivity contribution >= 4 is 17.8 Å². The largest absolute Gasteiger partial charge is 0.480 e. The number of piperidine rings is 1. The summed E-state index contributed by atoms with van der Waals surface area (Å²) in [7, 11) is 0. The van der Waals surface area contributed by atoms with Crippen molar-refractivity contribution in [1.29, 1.82) is 0 Å². The van der Waals surface area contributed by atoms with E-state index in [1.807, 2.05) is 0 Å². The fourth-order valence-corrected chi connectivity index (χ4v) is 5.35. The second kappa shape index (κ2) is 13.5. The van der Waals surface area contributed by atoms with Gasteiger partial charge in [-0.25, -0.2) is 15.4 Å². The Morgan fingerprint density at radius 3 is 2.16 bits per heavy atom. The number of hydrogen-bond acceptors (Lipinski definition) is 8. The maximum Gasteiger partial charge on any atom is 0.320 e. The van der Waals surface area contributed by atoms with Crippen LogP contribution >= 0.6 is 0 Å². The lowest BCUT2D eigenvalue weighted by Gasteiger charge is -2.32. The molecule has 1 aliphatic heterocycles. The summed E-state index contributed by atoms with van der Waals surface area (Å²) in [6.45, 7) is 4.02. The molecule has 0 spiro atoms. The fraction of sp³-hybridized carbons (Fsp3) is 0.556. The molecule has 2 aromatic rings. The van der Waals surface area contributed by atoms with E-state index in [-0.39, 0.29) is 11.5 Å². The highest BCUT2D eigenvalue weighted by molar-refractivity contribution is 5.92. The number of anilines is 1. The van der Waals surface area contributed by atoms with Gasteiger partial charge in [0.2, 0.25) is 5.95 Å². The monoisotopic (exact) mass is 510 g/mol. The Bertz CT molecular complexity index is 1000. The summed E-state index contributed by atoms with van der Waals surface area (Å²) in [6.07, 6.45) is 10.4. The summed E-state index contributed by atoms with van der Waals surface area (Å²) in [4.78, 5) is 33.8. The molecule has 1 saturated heterocycles. The van der Waals surface area contributed by atoms with Gasteiger partial charge in [-0.3, -0.25) is 14.8 Å². The Kier molecular flexibility index (Phi) is 9.81. The average molecular weight is 511 g/mol. The summed E-state index contributed by atoms with van der Waals surface area (Å²) in [5.41, 5.74) is 4.12. The quantitative estimate of drug-likeness (QED) is 0.228. The molecule has 10 nitrogen and oxygen atoms in total. The highest BCUT2D eigenvalue weighted by atomic mass is 16.5. The highest BCUT2D eigenvalue weighted by Crippen LogP contribution is 2.27. The zero-order chi connectivity index (χ0) is 26.0. The van der Waals surface area contributed by atoms with Gasteiger partial charge in [-0.2, -0.15) is 0 Å². The van der Waals surface area contributed by atoms with Crippen LogP contribution in [0.3, 0.4) is 0 Å². The Morgan fingerprint density at radius 1 is 0.946 bits per heavy atom. The number of carbonyl (C=O) groups is 2. The van der Waals surface area contributed by atoms with E-state index < -0.39 is 17.9 Å². The topological polar surface area (TPSA) is 140 Å². The standard InChI is InChI=1S/C27H38N6O4/c34-25(32-37)23-17-30-27(31-18-23)33-12-10-21(11-13-33)15-28-14-19-6-8-20(9-7-19)16-29-24(26(35)36)22-4-2-1-3-5-22/h6-9,17-18,21-22,24,28-29,37H,1-5,10-16H2,(H,32,34)(H,35,36). The van der Waals surface area contributed by atoms with Crippen LogP contribution in [0.25, 0.3) is 0 Å². The number of hydrogen-bond donors (Lipinski definition) is 5. The third-order valence-corrected chi connectivity index (χ3v) is 7.60. The van der Waals surface area contributed by atoms with E-state index in [0.717, 1.165) is 70.3 Å². The van der Waals surface area contributed by atoms with Gasteiger partial charge in [-0.05, 0) is 55.2 Å². The maximum atomic E-state index is 11.8. The van der Waals surface area contributed by atoms with Gasteiger partial charge < -0.3 is 20.6 Å². The Balaban J connectivity index is 1.15. The molecule has 5 N–H and O–H groups in total. The molecule has 1 atom stereocenters. The minimum absolute atomic E-state index is 0.221. The van der Waals surface area contributed by atoms with Crippen molar-refractivity contribution in [3.05, 3.63) is 53.3 Å². The molecule has 1 amide bonds. The lowest BCUT2D eigenvalue weighted by Crippen LogP contribution is -2.43.